The average Bonchev–Trinajstić information content (AvgIpc) is 3.20. The molecule has 3 rings (SSSR count). The number of carbonyl (C=O) groups is 1. The van der Waals surface area contributed by atoms with E-state index in [1.165, 1.54) is 28.6 Å². The maximum Gasteiger partial charge on any atom is 0.289 e. The summed E-state index contributed by atoms with van der Waals surface area (Å²) in [4.78, 5) is 24.6. The summed E-state index contributed by atoms with van der Waals surface area (Å²) in [6, 6.07) is 5.29. The number of para-hydroxylation sites is 1. The van der Waals surface area contributed by atoms with Gasteiger partial charge in [-0.2, -0.15) is 4.31 Å². The van der Waals surface area contributed by atoms with Crippen LogP contribution in [0.25, 0.3) is 0 Å². The van der Waals surface area contributed by atoms with Gasteiger partial charge in [-0.25, -0.2) is 8.42 Å². The van der Waals surface area contributed by atoms with Crippen molar-refractivity contribution in [1.29, 1.82) is 0 Å². The van der Waals surface area contributed by atoms with Crippen molar-refractivity contribution in [1.82, 2.24) is 14.5 Å². The number of nitro benzene ring substituents is 1. The number of carbonyl (C=O) groups excluding carboxylic acids is 1. The molecular formula is C18H26N4O5S. The van der Waals surface area contributed by atoms with Gasteiger partial charge in [0, 0.05) is 38.3 Å². The lowest BCUT2D eigenvalue weighted by molar-refractivity contribution is -0.387. The maximum atomic E-state index is 12.9. The molecule has 1 aliphatic carbocycles. The Labute approximate surface area is 164 Å². The number of sulfonamides is 1. The van der Waals surface area contributed by atoms with Crippen LogP contribution in [0.3, 0.4) is 0 Å². The molecule has 0 unspecified atom stereocenters. The van der Waals surface area contributed by atoms with E-state index in [4.69, 9.17) is 0 Å². The average molecular weight is 410 g/mol. The van der Waals surface area contributed by atoms with Gasteiger partial charge in [-0.15, -0.1) is 0 Å². The van der Waals surface area contributed by atoms with Crippen LogP contribution in [-0.2, 0) is 14.8 Å². The van der Waals surface area contributed by atoms with E-state index in [9.17, 15) is 23.3 Å². The van der Waals surface area contributed by atoms with Crippen molar-refractivity contribution >= 4 is 21.6 Å². The van der Waals surface area contributed by atoms with E-state index in [0.29, 0.717) is 13.1 Å². The molecule has 28 heavy (non-hydrogen) atoms. The summed E-state index contributed by atoms with van der Waals surface area (Å²) >= 11 is 0. The Balaban J connectivity index is 1.63. The number of amides is 1. The first-order chi connectivity index (χ1) is 13.3. The normalized spacial score (nSPS) is 20.8. The molecule has 1 amide bonds. The quantitative estimate of drug-likeness (QED) is 0.559. The first-order valence-corrected chi connectivity index (χ1v) is 11.0. The van der Waals surface area contributed by atoms with Crippen LogP contribution in [0.5, 0.6) is 0 Å². The van der Waals surface area contributed by atoms with Crippen molar-refractivity contribution in [3.8, 4) is 0 Å². The van der Waals surface area contributed by atoms with E-state index in [2.05, 4.69) is 5.32 Å². The Morgan fingerprint density at radius 2 is 1.79 bits per heavy atom. The number of hydrogen-bond donors (Lipinski definition) is 1. The topological polar surface area (TPSA) is 113 Å². The van der Waals surface area contributed by atoms with E-state index in [0.717, 1.165) is 25.7 Å². The lowest BCUT2D eigenvalue weighted by Crippen LogP contribution is -2.55. The summed E-state index contributed by atoms with van der Waals surface area (Å²) in [5.74, 6) is -0.0260. The SMILES string of the molecule is C[C@@H](C(=O)NC1CCCC1)N1CCN(S(=O)(=O)c2ccccc2[N+](=O)[O-])CC1. The molecule has 1 saturated carbocycles. The Bertz CT molecular complexity index is 830. The molecule has 1 atom stereocenters. The van der Waals surface area contributed by atoms with Crippen LogP contribution in [0.4, 0.5) is 5.69 Å². The highest BCUT2D eigenvalue weighted by Crippen LogP contribution is 2.27. The smallest absolute Gasteiger partial charge is 0.289 e. The number of nitrogens with zero attached hydrogens (tertiary/aromatic N) is 3. The Kier molecular flexibility index (Phi) is 6.31. The number of benzene rings is 1. The molecule has 0 bridgehead atoms. The zero-order chi connectivity index (χ0) is 20.3. The van der Waals surface area contributed by atoms with Crippen molar-refractivity contribution in [2.45, 2.75) is 49.6 Å². The zero-order valence-electron chi connectivity index (χ0n) is 15.9. The first-order valence-electron chi connectivity index (χ1n) is 9.58. The second-order valence-electron chi connectivity index (χ2n) is 7.33. The van der Waals surface area contributed by atoms with E-state index >= 15 is 0 Å². The number of nitrogens with one attached hydrogen (secondary N) is 1. The third kappa shape index (κ3) is 4.34. The summed E-state index contributed by atoms with van der Waals surface area (Å²) in [6.45, 7) is 3.01. The molecule has 154 valence electrons. The van der Waals surface area contributed by atoms with Gasteiger partial charge in [0.2, 0.25) is 15.9 Å². The third-order valence-electron chi connectivity index (χ3n) is 5.58. The van der Waals surface area contributed by atoms with Gasteiger partial charge in [-0.05, 0) is 25.8 Å². The number of piperazine rings is 1. The molecule has 1 N–H and O–H groups in total. The molecule has 1 aromatic rings. The lowest BCUT2D eigenvalue weighted by Gasteiger charge is -2.37. The predicted molar refractivity (Wildman–Crippen MR) is 103 cm³/mol. The fourth-order valence-electron chi connectivity index (χ4n) is 3.85. The molecule has 0 radical (unpaired) electrons. The van der Waals surface area contributed by atoms with E-state index in [-0.39, 0.29) is 36.0 Å². The number of rotatable bonds is 6. The van der Waals surface area contributed by atoms with Gasteiger partial charge in [0.05, 0.1) is 11.0 Å². The van der Waals surface area contributed by atoms with Gasteiger partial charge in [0.15, 0.2) is 4.90 Å². The molecule has 2 aliphatic rings. The molecule has 1 heterocycles. The monoisotopic (exact) mass is 410 g/mol. The first kappa shape index (κ1) is 20.7. The molecule has 2 fully saturated rings. The molecule has 0 spiro atoms. The predicted octanol–water partition coefficient (Wildman–Crippen LogP) is 1.35. The van der Waals surface area contributed by atoms with E-state index in [1.807, 2.05) is 11.8 Å². The summed E-state index contributed by atoms with van der Waals surface area (Å²) < 4.78 is 27.0. The molecule has 1 aliphatic heterocycles. The van der Waals surface area contributed by atoms with Crippen LogP contribution < -0.4 is 5.32 Å². The molecule has 10 heteroatoms. The van der Waals surface area contributed by atoms with Crippen molar-refractivity contribution in [2.75, 3.05) is 26.2 Å². The number of nitro groups is 1. The summed E-state index contributed by atoms with van der Waals surface area (Å²) in [5, 5.41) is 14.3. The van der Waals surface area contributed by atoms with Crippen LogP contribution in [0.2, 0.25) is 0 Å². The largest absolute Gasteiger partial charge is 0.352 e. The lowest BCUT2D eigenvalue weighted by atomic mass is 10.2. The fraction of sp³-hybridized carbons (Fsp3) is 0.611. The zero-order valence-corrected chi connectivity index (χ0v) is 16.7. The standard InChI is InChI=1S/C18H26N4O5S/c1-14(18(23)19-15-6-2-3-7-15)20-10-12-21(13-11-20)28(26,27)17-9-5-4-8-16(17)22(24)25/h4-5,8-9,14-15H,2-3,6-7,10-13H2,1H3,(H,19,23)/t14-/m0/s1. The minimum absolute atomic E-state index is 0.0260. The molecular weight excluding hydrogens is 384 g/mol. The van der Waals surface area contributed by atoms with Gasteiger partial charge < -0.3 is 5.32 Å². The highest BCUT2D eigenvalue weighted by atomic mass is 32.2. The molecule has 0 aromatic heterocycles. The van der Waals surface area contributed by atoms with Crippen LogP contribution in [-0.4, -0.2) is 66.7 Å². The highest BCUT2D eigenvalue weighted by Gasteiger charge is 2.35. The Hall–Kier alpha value is -2.04. The maximum absolute atomic E-state index is 12.9. The van der Waals surface area contributed by atoms with E-state index < -0.39 is 20.6 Å². The molecule has 1 saturated heterocycles. The van der Waals surface area contributed by atoms with Crippen LogP contribution in [0, 0.1) is 10.1 Å². The van der Waals surface area contributed by atoms with Crippen LogP contribution in [0.15, 0.2) is 29.2 Å². The van der Waals surface area contributed by atoms with E-state index in [1.54, 1.807) is 0 Å². The summed E-state index contributed by atoms with van der Waals surface area (Å²) in [6.07, 6.45) is 4.31. The van der Waals surface area contributed by atoms with Crippen molar-refractivity contribution in [3.05, 3.63) is 34.4 Å². The Morgan fingerprint density at radius 1 is 1.18 bits per heavy atom. The van der Waals surface area contributed by atoms with Gasteiger partial charge in [0.1, 0.15) is 0 Å². The van der Waals surface area contributed by atoms with Gasteiger partial charge >= 0.3 is 0 Å². The minimum Gasteiger partial charge on any atom is -0.352 e. The van der Waals surface area contributed by atoms with Gasteiger partial charge in [-0.1, -0.05) is 25.0 Å². The second kappa shape index (κ2) is 8.54. The van der Waals surface area contributed by atoms with Gasteiger partial charge in [-0.3, -0.25) is 19.8 Å². The van der Waals surface area contributed by atoms with Crippen molar-refractivity contribution in [3.63, 3.8) is 0 Å². The van der Waals surface area contributed by atoms with Crippen LogP contribution in [0.1, 0.15) is 32.6 Å². The summed E-state index contributed by atoms with van der Waals surface area (Å²) in [7, 11) is -3.96. The molecule has 9 nitrogen and oxygen atoms in total. The molecule has 1 aromatic carbocycles. The van der Waals surface area contributed by atoms with Crippen molar-refractivity contribution in [2.24, 2.45) is 0 Å². The fourth-order valence-corrected chi connectivity index (χ4v) is 5.43. The number of hydrogen-bond acceptors (Lipinski definition) is 6. The van der Waals surface area contributed by atoms with Crippen LogP contribution >= 0.6 is 0 Å². The van der Waals surface area contributed by atoms with Gasteiger partial charge in [0.25, 0.3) is 5.69 Å². The second-order valence-corrected chi connectivity index (χ2v) is 9.24. The third-order valence-corrected chi connectivity index (χ3v) is 7.53. The highest BCUT2D eigenvalue weighted by molar-refractivity contribution is 7.89. The Morgan fingerprint density at radius 3 is 2.39 bits per heavy atom. The summed E-state index contributed by atoms with van der Waals surface area (Å²) in [5.41, 5.74) is -0.422. The minimum atomic E-state index is -3.96. The van der Waals surface area contributed by atoms with Crippen molar-refractivity contribution < 1.29 is 18.1 Å².